The summed E-state index contributed by atoms with van der Waals surface area (Å²) in [5.41, 5.74) is 1.38. The van der Waals surface area contributed by atoms with Gasteiger partial charge in [0, 0.05) is 37.5 Å². The number of carbonyl (C=O) groups is 2. The summed E-state index contributed by atoms with van der Waals surface area (Å²) in [5, 5.41) is 4.94. The lowest BCUT2D eigenvalue weighted by atomic mass is 10.0. The molecule has 0 unspecified atom stereocenters. The van der Waals surface area contributed by atoms with Crippen LogP contribution in [-0.4, -0.2) is 52.9 Å². The van der Waals surface area contributed by atoms with E-state index in [1.165, 1.54) is 12.8 Å². The number of fused-ring (bicyclic) bond motifs is 2. The fourth-order valence-corrected chi connectivity index (χ4v) is 4.24. The van der Waals surface area contributed by atoms with Gasteiger partial charge in [-0.05, 0) is 30.9 Å². The summed E-state index contributed by atoms with van der Waals surface area (Å²) < 4.78 is 5.28. The Balaban J connectivity index is 1.25. The second-order valence-corrected chi connectivity index (χ2v) is 7.65. The molecule has 1 aliphatic carbocycles. The van der Waals surface area contributed by atoms with E-state index < -0.39 is 0 Å². The number of benzene rings is 1. The Hall–Kier alpha value is -2.37. The number of rotatable bonds is 4. The molecule has 2 amide bonds. The lowest BCUT2D eigenvalue weighted by Crippen LogP contribution is -2.37. The molecule has 2 aromatic rings. The number of aromatic nitrogens is 1. The number of carbonyl (C=O) groups excluding carboxylic acids is 2. The molecule has 1 aromatic carbocycles. The van der Waals surface area contributed by atoms with Crippen molar-refractivity contribution in [1.29, 1.82) is 0 Å². The van der Waals surface area contributed by atoms with Gasteiger partial charge in [0.25, 0.3) is 0 Å². The minimum atomic E-state index is -0.00301. The maximum Gasteiger partial charge on any atom is 0.228 e. The molecule has 6 heteroatoms. The van der Waals surface area contributed by atoms with E-state index in [0.717, 1.165) is 24.4 Å². The molecule has 2 aliphatic heterocycles. The average molecular weight is 339 g/mol. The van der Waals surface area contributed by atoms with Crippen molar-refractivity contribution >= 4 is 22.8 Å². The van der Waals surface area contributed by atoms with Gasteiger partial charge in [-0.1, -0.05) is 17.3 Å². The Morgan fingerprint density at radius 3 is 2.84 bits per heavy atom. The third-order valence-corrected chi connectivity index (χ3v) is 5.82. The molecule has 0 spiro atoms. The van der Waals surface area contributed by atoms with E-state index in [1.807, 2.05) is 34.1 Å². The Morgan fingerprint density at radius 2 is 2.04 bits per heavy atom. The minimum Gasteiger partial charge on any atom is -0.356 e. The highest BCUT2D eigenvalue weighted by atomic mass is 16.5. The zero-order chi connectivity index (χ0) is 17.0. The number of likely N-dealkylation sites (tertiary alicyclic amines) is 2. The Labute approximate surface area is 145 Å². The molecule has 130 valence electrons. The minimum absolute atomic E-state index is 0.00301. The number of amides is 2. The summed E-state index contributed by atoms with van der Waals surface area (Å²) in [6.07, 6.45) is 2.75. The van der Waals surface area contributed by atoms with Crippen LogP contribution in [0, 0.1) is 17.8 Å². The van der Waals surface area contributed by atoms with Gasteiger partial charge in [-0.3, -0.25) is 9.59 Å². The first-order valence-electron chi connectivity index (χ1n) is 9.09. The monoisotopic (exact) mass is 339 g/mol. The normalized spacial score (nSPS) is 25.8. The van der Waals surface area contributed by atoms with E-state index in [9.17, 15) is 9.59 Å². The highest BCUT2D eigenvalue weighted by Crippen LogP contribution is 2.36. The van der Waals surface area contributed by atoms with E-state index in [-0.39, 0.29) is 24.2 Å². The summed E-state index contributed by atoms with van der Waals surface area (Å²) in [7, 11) is 0. The van der Waals surface area contributed by atoms with Gasteiger partial charge in [-0.15, -0.1) is 0 Å². The molecule has 6 nitrogen and oxygen atoms in total. The molecule has 3 aliphatic rings. The van der Waals surface area contributed by atoms with Gasteiger partial charge >= 0.3 is 0 Å². The van der Waals surface area contributed by atoms with Crippen LogP contribution in [-0.2, 0) is 16.0 Å². The zero-order valence-corrected chi connectivity index (χ0v) is 14.1. The van der Waals surface area contributed by atoms with Crippen molar-refractivity contribution in [3.8, 4) is 0 Å². The van der Waals surface area contributed by atoms with Crippen molar-refractivity contribution in [2.24, 2.45) is 17.8 Å². The topological polar surface area (TPSA) is 66.7 Å². The fraction of sp³-hybridized carbons (Fsp3) is 0.526. The van der Waals surface area contributed by atoms with Gasteiger partial charge in [0.1, 0.15) is 5.69 Å². The second-order valence-electron chi connectivity index (χ2n) is 7.65. The van der Waals surface area contributed by atoms with Crippen LogP contribution >= 0.6 is 0 Å². The molecule has 1 aromatic heterocycles. The van der Waals surface area contributed by atoms with Crippen LogP contribution in [0.4, 0.5) is 0 Å². The van der Waals surface area contributed by atoms with Crippen molar-refractivity contribution in [3.63, 3.8) is 0 Å². The standard InChI is InChI=1S/C19H21N3O3/c23-18(7-16-14-3-1-2-4-17(14)25-20-16)21-9-13-10-22(8-12-5-6-12)19(24)15(13)11-21/h1-4,12-13,15H,5-11H2/t13-,15-/m0/s1. The van der Waals surface area contributed by atoms with Gasteiger partial charge in [0.15, 0.2) is 5.58 Å². The molecule has 0 bridgehead atoms. The summed E-state index contributed by atoms with van der Waals surface area (Å²) in [5.74, 6) is 1.30. The molecular weight excluding hydrogens is 318 g/mol. The second kappa shape index (κ2) is 5.58. The van der Waals surface area contributed by atoms with Crippen LogP contribution in [0.1, 0.15) is 18.5 Å². The Morgan fingerprint density at radius 1 is 1.20 bits per heavy atom. The van der Waals surface area contributed by atoms with Crippen molar-refractivity contribution in [2.75, 3.05) is 26.2 Å². The van der Waals surface area contributed by atoms with Crippen LogP contribution in [0.25, 0.3) is 11.0 Å². The number of hydrogen-bond donors (Lipinski definition) is 0. The van der Waals surface area contributed by atoms with E-state index in [2.05, 4.69) is 5.16 Å². The van der Waals surface area contributed by atoms with E-state index in [4.69, 9.17) is 4.52 Å². The lowest BCUT2D eigenvalue weighted by Gasteiger charge is -2.21. The molecule has 5 rings (SSSR count). The summed E-state index contributed by atoms with van der Waals surface area (Å²) >= 11 is 0. The quantitative estimate of drug-likeness (QED) is 0.850. The largest absolute Gasteiger partial charge is 0.356 e. The molecular formula is C19H21N3O3. The van der Waals surface area contributed by atoms with Crippen molar-refractivity contribution in [2.45, 2.75) is 19.3 Å². The van der Waals surface area contributed by atoms with Crippen LogP contribution in [0.2, 0.25) is 0 Å². The van der Waals surface area contributed by atoms with E-state index in [1.54, 1.807) is 0 Å². The molecule has 2 saturated heterocycles. The highest BCUT2D eigenvalue weighted by Gasteiger charge is 2.48. The first kappa shape index (κ1) is 14.9. The number of hydrogen-bond acceptors (Lipinski definition) is 4. The number of nitrogens with zero attached hydrogens (tertiary/aromatic N) is 3. The first-order chi connectivity index (χ1) is 12.2. The molecule has 25 heavy (non-hydrogen) atoms. The van der Waals surface area contributed by atoms with Crippen molar-refractivity contribution in [1.82, 2.24) is 15.0 Å². The van der Waals surface area contributed by atoms with Gasteiger partial charge < -0.3 is 14.3 Å². The first-order valence-corrected chi connectivity index (χ1v) is 9.09. The predicted octanol–water partition coefficient (Wildman–Crippen LogP) is 1.70. The van der Waals surface area contributed by atoms with Crippen LogP contribution in [0.3, 0.4) is 0 Å². The van der Waals surface area contributed by atoms with Gasteiger partial charge in [0.05, 0.1) is 12.3 Å². The molecule has 0 radical (unpaired) electrons. The maximum atomic E-state index is 12.7. The Bertz CT molecular complexity index is 841. The molecule has 3 fully saturated rings. The third kappa shape index (κ3) is 2.60. The average Bonchev–Trinajstić information content (AvgIpc) is 3.07. The van der Waals surface area contributed by atoms with Gasteiger partial charge in [0.2, 0.25) is 11.8 Å². The Kier molecular flexibility index (Phi) is 3.33. The van der Waals surface area contributed by atoms with E-state index >= 15 is 0 Å². The molecule has 3 heterocycles. The number of para-hydroxylation sites is 1. The van der Waals surface area contributed by atoms with Gasteiger partial charge in [-0.2, -0.15) is 0 Å². The molecule has 2 atom stereocenters. The SMILES string of the molecule is O=C(Cc1noc2ccccc12)N1C[C@H]2CN(CC3CC3)C(=O)[C@H]2C1. The zero-order valence-electron chi connectivity index (χ0n) is 14.1. The predicted molar refractivity (Wildman–Crippen MR) is 90.6 cm³/mol. The van der Waals surface area contributed by atoms with Crippen LogP contribution in [0.5, 0.6) is 0 Å². The summed E-state index contributed by atoms with van der Waals surface area (Å²) in [6, 6.07) is 7.58. The summed E-state index contributed by atoms with van der Waals surface area (Å²) in [6.45, 7) is 2.98. The van der Waals surface area contributed by atoms with Crippen molar-refractivity contribution in [3.05, 3.63) is 30.0 Å². The van der Waals surface area contributed by atoms with E-state index in [0.29, 0.717) is 30.3 Å². The van der Waals surface area contributed by atoms with Crippen LogP contribution in [0.15, 0.2) is 28.8 Å². The summed E-state index contributed by atoms with van der Waals surface area (Å²) in [4.78, 5) is 29.1. The van der Waals surface area contributed by atoms with Gasteiger partial charge in [-0.25, -0.2) is 0 Å². The molecule has 0 N–H and O–H groups in total. The maximum absolute atomic E-state index is 12.7. The third-order valence-electron chi connectivity index (χ3n) is 5.82. The fourth-order valence-electron chi connectivity index (χ4n) is 4.24. The smallest absolute Gasteiger partial charge is 0.228 e. The highest BCUT2D eigenvalue weighted by molar-refractivity contribution is 5.88. The van der Waals surface area contributed by atoms with Crippen molar-refractivity contribution < 1.29 is 14.1 Å². The lowest BCUT2D eigenvalue weighted by molar-refractivity contribution is -0.133. The van der Waals surface area contributed by atoms with Crippen LogP contribution < -0.4 is 0 Å². The molecule has 1 saturated carbocycles.